The van der Waals surface area contributed by atoms with Crippen molar-refractivity contribution in [2.24, 2.45) is 0 Å². The Morgan fingerprint density at radius 2 is 1.30 bits per heavy atom. The van der Waals surface area contributed by atoms with Crippen molar-refractivity contribution in [3.05, 3.63) is 71.8 Å². The van der Waals surface area contributed by atoms with Crippen LogP contribution in [0.3, 0.4) is 0 Å². The third-order valence-corrected chi connectivity index (χ3v) is 5.23. The summed E-state index contributed by atoms with van der Waals surface area (Å²) in [6.07, 6.45) is -14.4. The molecular formula is C26H23F9N4O5. The molecule has 2 amide bonds. The average Bonchev–Trinajstić information content (AvgIpc) is 2.95. The van der Waals surface area contributed by atoms with Crippen LogP contribution in [0.4, 0.5) is 55.9 Å². The first-order valence-electron chi connectivity index (χ1n) is 12.2. The molecular weight excluding hydrogens is 619 g/mol. The number of nitrogens with zero attached hydrogens (tertiary/aromatic N) is 4. The SMILES string of the molecule is COCN(C(=O)N(COCc1ccccc1)c1nc(OCC(F)(F)F)cc(OCC(F)(F)F)n1)c1ccc(C(F)(F)F)cc1. The Kier molecular flexibility index (Phi) is 11.2. The van der Waals surface area contributed by atoms with Gasteiger partial charge in [-0.1, -0.05) is 30.3 Å². The van der Waals surface area contributed by atoms with E-state index < -0.39 is 74.5 Å². The van der Waals surface area contributed by atoms with E-state index in [9.17, 15) is 44.3 Å². The summed E-state index contributed by atoms with van der Waals surface area (Å²) >= 11 is 0. The second kappa shape index (κ2) is 14.4. The molecule has 9 nitrogen and oxygen atoms in total. The van der Waals surface area contributed by atoms with Crippen molar-refractivity contribution in [2.75, 3.05) is 43.6 Å². The molecule has 0 atom stereocenters. The van der Waals surface area contributed by atoms with Gasteiger partial charge < -0.3 is 18.9 Å². The molecule has 240 valence electrons. The number of carbonyl (C=O) groups is 1. The highest BCUT2D eigenvalue weighted by atomic mass is 19.4. The summed E-state index contributed by atoms with van der Waals surface area (Å²) in [5.41, 5.74) is -0.539. The van der Waals surface area contributed by atoms with Gasteiger partial charge in [0.1, 0.15) is 13.5 Å². The first-order valence-corrected chi connectivity index (χ1v) is 12.2. The van der Waals surface area contributed by atoms with Crippen molar-refractivity contribution < 1.29 is 63.3 Å². The number of rotatable bonds is 12. The third-order valence-electron chi connectivity index (χ3n) is 5.23. The topological polar surface area (TPSA) is 86.3 Å². The van der Waals surface area contributed by atoms with Crippen LogP contribution in [0.15, 0.2) is 60.7 Å². The maximum absolute atomic E-state index is 13.8. The van der Waals surface area contributed by atoms with Crippen LogP contribution in [-0.4, -0.2) is 62.1 Å². The van der Waals surface area contributed by atoms with Crippen molar-refractivity contribution in [1.82, 2.24) is 9.97 Å². The van der Waals surface area contributed by atoms with Crippen LogP contribution in [-0.2, 0) is 22.3 Å². The Balaban J connectivity index is 2.03. The standard InChI is InChI=1S/C26H23F9N4O5/c1-41-15-38(19-9-7-18(8-10-19)26(33,34)35)23(40)39(16-42-12-17-5-3-2-4-6-17)22-36-20(43-13-24(27,28)29)11-21(37-22)44-14-25(30,31)32/h2-11H,12-16H2,1H3. The fourth-order valence-electron chi connectivity index (χ4n) is 3.35. The summed E-state index contributed by atoms with van der Waals surface area (Å²) < 4.78 is 136. The van der Waals surface area contributed by atoms with Crippen molar-refractivity contribution in [3.63, 3.8) is 0 Å². The zero-order valence-electron chi connectivity index (χ0n) is 22.5. The molecule has 0 spiro atoms. The second-order valence-corrected chi connectivity index (χ2v) is 8.72. The van der Waals surface area contributed by atoms with E-state index in [0.717, 1.165) is 24.1 Å². The Labute approximate surface area is 243 Å². The molecule has 0 N–H and O–H groups in total. The number of halogens is 9. The fraction of sp³-hybridized carbons (Fsp3) is 0.346. The van der Waals surface area contributed by atoms with Crippen LogP contribution in [0.2, 0.25) is 0 Å². The highest BCUT2D eigenvalue weighted by Crippen LogP contribution is 2.31. The molecule has 0 aliphatic carbocycles. The summed E-state index contributed by atoms with van der Waals surface area (Å²) in [5.74, 6) is -2.62. The van der Waals surface area contributed by atoms with E-state index in [1.54, 1.807) is 30.3 Å². The van der Waals surface area contributed by atoms with E-state index >= 15 is 0 Å². The lowest BCUT2D eigenvalue weighted by molar-refractivity contribution is -0.154. The Morgan fingerprint density at radius 3 is 1.77 bits per heavy atom. The Hall–Kier alpha value is -4.32. The minimum Gasteiger partial charge on any atom is -0.468 e. The fourth-order valence-corrected chi connectivity index (χ4v) is 3.35. The van der Waals surface area contributed by atoms with Crippen molar-refractivity contribution >= 4 is 17.7 Å². The van der Waals surface area contributed by atoms with Crippen LogP contribution in [0.25, 0.3) is 0 Å². The molecule has 3 rings (SSSR count). The first-order chi connectivity index (χ1) is 20.6. The van der Waals surface area contributed by atoms with Crippen molar-refractivity contribution in [2.45, 2.75) is 25.1 Å². The summed E-state index contributed by atoms with van der Waals surface area (Å²) in [7, 11) is 1.16. The molecule has 0 aliphatic rings. The van der Waals surface area contributed by atoms with Gasteiger partial charge in [-0.3, -0.25) is 4.90 Å². The van der Waals surface area contributed by atoms with Crippen LogP contribution in [0, 0.1) is 0 Å². The zero-order valence-corrected chi connectivity index (χ0v) is 22.5. The first kappa shape index (κ1) is 34.2. The van der Waals surface area contributed by atoms with E-state index in [2.05, 4.69) is 19.4 Å². The van der Waals surface area contributed by atoms with Gasteiger partial charge in [0, 0.05) is 12.8 Å². The molecule has 0 bridgehead atoms. The van der Waals surface area contributed by atoms with Gasteiger partial charge in [0.05, 0.1) is 18.2 Å². The van der Waals surface area contributed by atoms with Crippen LogP contribution in [0.5, 0.6) is 11.8 Å². The van der Waals surface area contributed by atoms with Crippen molar-refractivity contribution in [3.8, 4) is 11.8 Å². The van der Waals surface area contributed by atoms with Crippen LogP contribution in [0.1, 0.15) is 11.1 Å². The minimum atomic E-state index is -4.87. The van der Waals surface area contributed by atoms with Crippen molar-refractivity contribution in [1.29, 1.82) is 0 Å². The maximum Gasteiger partial charge on any atom is 0.422 e. The quantitative estimate of drug-likeness (QED) is 0.163. The van der Waals surface area contributed by atoms with E-state index in [-0.39, 0.29) is 12.3 Å². The van der Waals surface area contributed by atoms with E-state index in [1.165, 1.54) is 0 Å². The molecule has 18 heteroatoms. The molecule has 1 heterocycles. The van der Waals surface area contributed by atoms with Gasteiger partial charge in [-0.25, -0.2) is 9.69 Å². The second-order valence-electron chi connectivity index (χ2n) is 8.72. The lowest BCUT2D eigenvalue weighted by atomic mass is 10.2. The Bertz CT molecular complexity index is 1320. The molecule has 44 heavy (non-hydrogen) atoms. The number of carbonyl (C=O) groups excluding carboxylic acids is 1. The predicted octanol–water partition coefficient (Wildman–Crippen LogP) is 6.59. The molecule has 0 unspecified atom stereocenters. The number of ether oxygens (including phenoxy) is 4. The van der Waals surface area contributed by atoms with E-state index in [1.807, 2.05) is 0 Å². The molecule has 0 saturated heterocycles. The summed E-state index contributed by atoms with van der Waals surface area (Å²) in [6.45, 7) is -5.24. The lowest BCUT2D eigenvalue weighted by Gasteiger charge is -2.29. The smallest absolute Gasteiger partial charge is 0.422 e. The number of methoxy groups -OCH3 is 1. The number of aromatic nitrogens is 2. The van der Waals surface area contributed by atoms with Gasteiger partial charge in [-0.2, -0.15) is 49.5 Å². The number of benzene rings is 2. The largest absolute Gasteiger partial charge is 0.468 e. The summed E-state index contributed by atoms with van der Waals surface area (Å²) in [4.78, 5) is 22.6. The van der Waals surface area contributed by atoms with Gasteiger partial charge in [0.15, 0.2) is 13.2 Å². The van der Waals surface area contributed by atoms with Gasteiger partial charge >= 0.3 is 24.6 Å². The molecule has 0 radical (unpaired) electrons. The average molecular weight is 642 g/mol. The summed E-state index contributed by atoms with van der Waals surface area (Å²) in [5, 5.41) is 0. The van der Waals surface area contributed by atoms with E-state index in [4.69, 9.17) is 9.47 Å². The molecule has 2 aromatic carbocycles. The number of urea groups is 1. The molecule has 1 aromatic heterocycles. The monoisotopic (exact) mass is 642 g/mol. The maximum atomic E-state index is 13.8. The zero-order chi connectivity index (χ0) is 32.5. The molecule has 0 aliphatic heterocycles. The summed E-state index contributed by atoms with van der Waals surface area (Å²) in [6, 6.07) is 11.1. The number of hydrogen-bond acceptors (Lipinski definition) is 7. The number of amides is 2. The molecule has 0 fully saturated rings. The van der Waals surface area contributed by atoms with Crippen LogP contribution < -0.4 is 19.3 Å². The highest BCUT2D eigenvalue weighted by Gasteiger charge is 2.33. The van der Waals surface area contributed by atoms with Gasteiger partial charge in [0.2, 0.25) is 17.7 Å². The molecule has 0 saturated carbocycles. The van der Waals surface area contributed by atoms with Gasteiger partial charge in [0.25, 0.3) is 0 Å². The molecule has 3 aromatic rings. The van der Waals surface area contributed by atoms with Gasteiger partial charge in [-0.15, -0.1) is 0 Å². The normalized spacial score (nSPS) is 12.1. The number of alkyl halides is 9. The van der Waals surface area contributed by atoms with E-state index in [0.29, 0.717) is 28.7 Å². The minimum absolute atomic E-state index is 0.128. The van der Waals surface area contributed by atoms with Gasteiger partial charge in [-0.05, 0) is 29.8 Å². The predicted molar refractivity (Wildman–Crippen MR) is 135 cm³/mol. The third kappa shape index (κ3) is 10.7. The highest BCUT2D eigenvalue weighted by molar-refractivity contribution is 6.02. The Morgan fingerprint density at radius 1 is 0.750 bits per heavy atom. The lowest BCUT2D eigenvalue weighted by Crippen LogP contribution is -2.46. The number of anilines is 2. The number of hydrogen-bond donors (Lipinski definition) is 0. The van der Waals surface area contributed by atoms with Crippen LogP contribution >= 0.6 is 0 Å².